The molecule has 0 amide bonds. The zero-order chi connectivity index (χ0) is 15.6. The molecule has 8 heteroatoms. The predicted molar refractivity (Wildman–Crippen MR) is 78.6 cm³/mol. The number of nitrogens with zero attached hydrogens (tertiary/aromatic N) is 1. The third kappa shape index (κ3) is 3.49. The van der Waals surface area contributed by atoms with E-state index in [9.17, 15) is 13.2 Å². The lowest BCUT2D eigenvalue weighted by molar-refractivity contribution is -0.142. The Morgan fingerprint density at radius 1 is 1.33 bits per heavy atom. The van der Waals surface area contributed by atoms with Gasteiger partial charge in [-0.1, -0.05) is 11.6 Å². The summed E-state index contributed by atoms with van der Waals surface area (Å²) in [6.45, 7) is 1.41. The van der Waals surface area contributed by atoms with Crippen LogP contribution in [-0.2, 0) is 19.6 Å². The second-order valence-electron chi connectivity index (χ2n) is 4.35. The van der Waals surface area contributed by atoms with Crippen LogP contribution < -0.4 is 4.72 Å². The minimum Gasteiger partial charge on any atom is -0.468 e. The van der Waals surface area contributed by atoms with Crippen molar-refractivity contribution < 1.29 is 17.9 Å². The van der Waals surface area contributed by atoms with Gasteiger partial charge in [-0.25, -0.2) is 13.4 Å². The molecule has 0 saturated heterocycles. The number of esters is 1. The molecule has 1 atom stereocenters. The van der Waals surface area contributed by atoms with Gasteiger partial charge < -0.3 is 4.74 Å². The molecule has 6 nitrogen and oxygen atoms in total. The summed E-state index contributed by atoms with van der Waals surface area (Å²) in [5.74, 6) is -0.659. The van der Waals surface area contributed by atoms with Crippen LogP contribution in [-0.4, -0.2) is 32.5 Å². The Balaban J connectivity index is 2.36. The first kappa shape index (κ1) is 15.7. The summed E-state index contributed by atoms with van der Waals surface area (Å²) in [5, 5.41) is 0.962. The van der Waals surface area contributed by atoms with E-state index in [1.807, 2.05) is 0 Å². The molecule has 0 aliphatic heterocycles. The lowest BCUT2D eigenvalue weighted by atomic mass is 10.2. The smallest absolute Gasteiger partial charge is 0.323 e. The van der Waals surface area contributed by atoms with E-state index in [1.165, 1.54) is 26.2 Å². The van der Waals surface area contributed by atoms with Crippen LogP contribution in [0.15, 0.2) is 35.2 Å². The van der Waals surface area contributed by atoms with Crippen LogP contribution in [0.25, 0.3) is 10.9 Å². The highest BCUT2D eigenvalue weighted by molar-refractivity contribution is 7.89. The average Bonchev–Trinajstić information content (AvgIpc) is 2.45. The number of hydrogen-bond donors (Lipinski definition) is 1. The molecule has 0 bridgehead atoms. The van der Waals surface area contributed by atoms with Crippen LogP contribution >= 0.6 is 11.6 Å². The van der Waals surface area contributed by atoms with Gasteiger partial charge >= 0.3 is 5.97 Å². The zero-order valence-corrected chi connectivity index (χ0v) is 12.9. The van der Waals surface area contributed by atoms with Crippen molar-refractivity contribution in [1.82, 2.24) is 9.71 Å². The topological polar surface area (TPSA) is 85.4 Å². The monoisotopic (exact) mass is 328 g/mol. The van der Waals surface area contributed by atoms with Gasteiger partial charge in [-0.15, -0.1) is 0 Å². The van der Waals surface area contributed by atoms with Crippen LogP contribution in [0.1, 0.15) is 6.92 Å². The minimum absolute atomic E-state index is 0.0369. The molecule has 112 valence electrons. The van der Waals surface area contributed by atoms with Crippen molar-refractivity contribution in [3.05, 3.63) is 35.5 Å². The maximum atomic E-state index is 12.2. The highest BCUT2D eigenvalue weighted by Crippen LogP contribution is 2.20. The molecule has 2 rings (SSSR count). The fourth-order valence-electron chi connectivity index (χ4n) is 1.77. The number of methoxy groups -OCH3 is 1. The molecule has 0 spiro atoms. The average molecular weight is 329 g/mol. The lowest BCUT2D eigenvalue weighted by Gasteiger charge is -2.12. The molecule has 1 heterocycles. The second-order valence-corrected chi connectivity index (χ2v) is 6.46. The molecule has 0 radical (unpaired) electrons. The number of halogens is 1. The van der Waals surface area contributed by atoms with Crippen molar-refractivity contribution in [3.63, 3.8) is 0 Å². The molecular weight excluding hydrogens is 316 g/mol. The van der Waals surface area contributed by atoms with Gasteiger partial charge in [-0.3, -0.25) is 4.79 Å². The summed E-state index contributed by atoms with van der Waals surface area (Å²) in [5.41, 5.74) is 0.586. The van der Waals surface area contributed by atoms with Crippen molar-refractivity contribution in [2.24, 2.45) is 0 Å². The minimum atomic E-state index is -3.83. The largest absolute Gasteiger partial charge is 0.468 e. The fraction of sp³-hybridized carbons (Fsp3) is 0.231. The number of nitrogens with one attached hydrogen (secondary N) is 1. The number of pyridine rings is 1. The van der Waals surface area contributed by atoms with Gasteiger partial charge in [0.1, 0.15) is 11.2 Å². The number of fused-ring (bicyclic) bond motifs is 1. The van der Waals surface area contributed by atoms with Gasteiger partial charge in [0.2, 0.25) is 10.0 Å². The Labute approximate surface area is 127 Å². The van der Waals surface area contributed by atoms with E-state index >= 15 is 0 Å². The van der Waals surface area contributed by atoms with Gasteiger partial charge in [0.15, 0.2) is 0 Å². The Kier molecular flexibility index (Phi) is 4.46. The van der Waals surface area contributed by atoms with E-state index in [4.69, 9.17) is 11.6 Å². The predicted octanol–water partition coefficient (Wildman–Crippen LogP) is 1.73. The number of carbonyl (C=O) groups is 1. The standard InChI is InChI=1S/C13H13ClN2O4S/c1-8(13(17)20-2)16-21(18,19)10-4-5-11-9(7-10)3-6-12(14)15-11/h3-8,16H,1-2H3. The third-order valence-electron chi connectivity index (χ3n) is 2.82. The van der Waals surface area contributed by atoms with E-state index < -0.39 is 22.0 Å². The van der Waals surface area contributed by atoms with Crippen molar-refractivity contribution in [1.29, 1.82) is 0 Å². The highest BCUT2D eigenvalue weighted by atomic mass is 35.5. The fourth-order valence-corrected chi connectivity index (χ4v) is 3.15. The van der Waals surface area contributed by atoms with E-state index in [-0.39, 0.29) is 4.90 Å². The van der Waals surface area contributed by atoms with Gasteiger partial charge in [0, 0.05) is 5.39 Å². The molecule has 0 aliphatic carbocycles. The van der Waals surface area contributed by atoms with Gasteiger partial charge in [0.25, 0.3) is 0 Å². The zero-order valence-electron chi connectivity index (χ0n) is 11.3. The number of rotatable bonds is 4. The van der Waals surface area contributed by atoms with Crippen molar-refractivity contribution in [3.8, 4) is 0 Å². The summed E-state index contributed by atoms with van der Waals surface area (Å²) < 4.78 is 31.2. The molecule has 1 aromatic carbocycles. The van der Waals surface area contributed by atoms with E-state index in [0.29, 0.717) is 16.1 Å². The Hall–Kier alpha value is -1.70. The normalized spacial score (nSPS) is 13.1. The SMILES string of the molecule is COC(=O)C(C)NS(=O)(=O)c1ccc2nc(Cl)ccc2c1. The van der Waals surface area contributed by atoms with Crippen LogP contribution in [0, 0.1) is 0 Å². The molecule has 1 aromatic heterocycles. The number of sulfonamides is 1. The van der Waals surface area contributed by atoms with Crippen molar-refractivity contribution in [2.75, 3.05) is 7.11 Å². The maximum absolute atomic E-state index is 12.2. The van der Waals surface area contributed by atoms with Gasteiger partial charge in [-0.2, -0.15) is 4.72 Å². The Morgan fingerprint density at radius 2 is 2.05 bits per heavy atom. The van der Waals surface area contributed by atoms with Gasteiger partial charge in [-0.05, 0) is 37.3 Å². The molecule has 0 aliphatic rings. The lowest BCUT2D eigenvalue weighted by Crippen LogP contribution is -2.39. The van der Waals surface area contributed by atoms with E-state index in [2.05, 4.69) is 14.4 Å². The first-order valence-corrected chi connectivity index (χ1v) is 7.86. The molecule has 21 heavy (non-hydrogen) atoms. The third-order valence-corrected chi connectivity index (χ3v) is 4.57. The first-order chi connectivity index (χ1) is 9.83. The van der Waals surface area contributed by atoms with Gasteiger partial charge in [0.05, 0.1) is 17.5 Å². The Bertz CT molecular complexity index is 792. The summed E-state index contributed by atoms with van der Waals surface area (Å²) in [4.78, 5) is 15.4. The summed E-state index contributed by atoms with van der Waals surface area (Å²) >= 11 is 5.77. The molecule has 0 fully saturated rings. The second kappa shape index (κ2) is 5.97. The molecular formula is C13H13ClN2O4S. The molecule has 2 aromatic rings. The highest BCUT2D eigenvalue weighted by Gasteiger charge is 2.22. The van der Waals surface area contributed by atoms with Crippen LogP contribution in [0.2, 0.25) is 5.15 Å². The van der Waals surface area contributed by atoms with E-state index in [1.54, 1.807) is 18.2 Å². The number of carbonyl (C=O) groups excluding carboxylic acids is 1. The first-order valence-electron chi connectivity index (χ1n) is 6.00. The van der Waals surface area contributed by atoms with Crippen molar-refractivity contribution >= 4 is 38.5 Å². The van der Waals surface area contributed by atoms with E-state index in [0.717, 1.165) is 0 Å². The quantitative estimate of drug-likeness (QED) is 0.682. The molecule has 1 N–H and O–H groups in total. The number of hydrogen-bond acceptors (Lipinski definition) is 5. The van der Waals surface area contributed by atoms with Crippen LogP contribution in [0.5, 0.6) is 0 Å². The molecule has 0 saturated carbocycles. The molecule has 1 unspecified atom stereocenters. The number of aromatic nitrogens is 1. The van der Waals surface area contributed by atoms with Crippen LogP contribution in [0.4, 0.5) is 0 Å². The summed E-state index contributed by atoms with van der Waals surface area (Å²) in [6, 6.07) is 6.69. The summed E-state index contributed by atoms with van der Waals surface area (Å²) in [7, 11) is -2.63. The number of ether oxygens (including phenoxy) is 1. The van der Waals surface area contributed by atoms with Crippen molar-refractivity contribution in [2.45, 2.75) is 17.9 Å². The number of benzene rings is 1. The Morgan fingerprint density at radius 3 is 2.71 bits per heavy atom. The summed E-state index contributed by atoms with van der Waals surface area (Å²) in [6.07, 6.45) is 0. The maximum Gasteiger partial charge on any atom is 0.323 e. The van der Waals surface area contributed by atoms with Crippen LogP contribution in [0.3, 0.4) is 0 Å².